The number of primary sulfonamides is 1. The number of carbonyl (C=O) groups is 1. The number of nitrogens with two attached hydrogens (primary N) is 1. The monoisotopic (exact) mass is 435 g/mol. The molecule has 0 spiro atoms. The van der Waals surface area contributed by atoms with E-state index in [-0.39, 0.29) is 15.5 Å². The van der Waals surface area contributed by atoms with Crippen LogP contribution in [0.5, 0.6) is 11.5 Å². The Morgan fingerprint density at radius 3 is 2.48 bits per heavy atom. The third-order valence-corrected chi connectivity index (χ3v) is 4.86. The number of sulfonamides is 1. The van der Waals surface area contributed by atoms with E-state index in [1.807, 2.05) is 6.07 Å². The predicted molar refractivity (Wildman–Crippen MR) is 109 cm³/mol. The smallest absolute Gasteiger partial charge is 0.266 e. The van der Waals surface area contributed by atoms with Crippen LogP contribution in [0, 0.1) is 11.3 Å². The quantitative estimate of drug-likeness (QED) is 0.507. The van der Waals surface area contributed by atoms with Crippen molar-refractivity contribution in [3.05, 3.63) is 52.6 Å². The zero-order valence-electron chi connectivity index (χ0n) is 15.6. The summed E-state index contributed by atoms with van der Waals surface area (Å²) in [6.07, 6.45) is 1.35. The van der Waals surface area contributed by atoms with Gasteiger partial charge in [0.05, 0.1) is 23.6 Å². The standard InChI is InChI=1S/C19H18ClN3O5S/c1-3-28-17-10-12(9-16(20)18(17)27-2)8-13(11-21)19(24)23-14-4-6-15(7-5-14)29(22,25)26/h4-10H,3H2,1-2H3,(H,23,24)(H2,22,25,26). The van der Waals surface area contributed by atoms with Crippen molar-refractivity contribution >= 4 is 39.3 Å². The summed E-state index contributed by atoms with van der Waals surface area (Å²) in [7, 11) is -2.39. The number of benzene rings is 2. The van der Waals surface area contributed by atoms with Gasteiger partial charge in [0.15, 0.2) is 11.5 Å². The van der Waals surface area contributed by atoms with E-state index in [1.165, 1.54) is 43.5 Å². The van der Waals surface area contributed by atoms with Crippen LogP contribution >= 0.6 is 11.6 Å². The van der Waals surface area contributed by atoms with Crippen molar-refractivity contribution in [1.82, 2.24) is 0 Å². The first-order chi connectivity index (χ1) is 13.7. The number of methoxy groups -OCH3 is 1. The van der Waals surface area contributed by atoms with Crippen LogP contribution in [0.3, 0.4) is 0 Å². The van der Waals surface area contributed by atoms with Crippen molar-refractivity contribution in [1.29, 1.82) is 5.26 Å². The van der Waals surface area contributed by atoms with Crippen molar-refractivity contribution in [3.63, 3.8) is 0 Å². The summed E-state index contributed by atoms with van der Waals surface area (Å²) in [6, 6.07) is 10.2. The Morgan fingerprint density at radius 2 is 1.97 bits per heavy atom. The van der Waals surface area contributed by atoms with Crippen LogP contribution in [0.25, 0.3) is 6.08 Å². The lowest BCUT2D eigenvalue weighted by Gasteiger charge is -2.12. The molecule has 2 rings (SSSR count). The minimum absolute atomic E-state index is 0.0946. The van der Waals surface area contributed by atoms with E-state index < -0.39 is 15.9 Å². The number of nitriles is 1. The molecule has 0 heterocycles. The van der Waals surface area contributed by atoms with Crippen LogP contribution < -0.4 is 19.9 Å². The molecule has 0 aliphatic rings. The average Bonchev–Trinajstić information content (AvgIpc) is 2.66. The molecule has 8 nitrogen and oxygen atoms in total. The van der Waals surface area contributed by atoms with Gasteiger partial charge in [-0.05, 0) is 55.0 Å². The van der Waals surface area contributed by atoms with E-state index in [9.17, 15) is 18.5 Å². The SMILES string of the molecule is CCOc1cc(C=C(C#N)C(=O)Nc2ccc(S(N)(=O)=O)cc2)cc(Cl)c1OC. The fraction of sp³-hybridized carbons (Fsp3) is 0.158. The van der Waals surface area contributed by atoms with Crippen molar-refractivity contribution in [2.45, 2.75) is 11.8 Å². The Kier molecular flexibility index (Phi) is 7.23. The second-order valence-corrected chi connectivity index (χ2v) is 7.63. The predicted octanol–water partition coefficient (Wildman–Crippen LogP) is 2.94. The van der Waals surface area contributed by atoms with Gasteiger partial charge < -0.3 is 14.8 Å². The lowest BCUT2D eigenvalue weighted by atomic mass is 10.1. The molecule has 2 aromatic carbocycles. The second kappa shape index (κ2) is 9.43. The van der Waals surface area contributed by atoms with Crippen LogP contribution in [0.1, 0.15) is 12.5 Å². The lowest BCUT2D eigenvalue weighted by molar-refractivity contribution is -0.112. The molecule has 0 bridgehead atoms. The molecule has 2 aromatic rings. The number of amides is 1. The van der Waals surface area contributed by atoms with E-state index in [0.717, 1.165) is 0 Å². The number of carbonyl (C=O) groups excluding carboxylic acids is 1. The third kappa shape index (κ3) is 5.71. The van der Waals surface area contributed by atoms with Crippen LogP contribution in [0.15, 0.2) is 46.9 Å². The minimum atomic E-state index is -3.84. The molecule has 0 saturated carbocycles. The molecule has 0 aromatic heterocycles. The van der Waals surface area contributed by atoms with E-state index >= 15 is 0 Å². The summed E-state index contributed by atoms with van der Waals surface area (Å²) in [4.78, 5) is 12.3. The molecule has 10 heteroatoms. The summed E-state index contributed by atoms with van der Waals surface area (Å²) >= 11 is 6.18. The normalized spacial score (nSPS) is 11.5. The fourth-order valence-corrected chi connectivity index (χ4v) is 3.19. The van der Waals surface area contributed by atoms with Crippen molar-refractivity contribution in [3.8, 4) is 17.6 Å². The van der Waals surface area contributed by atoms with Crippen molar-refractivity contribution in [2.75, 3.05) is 19.0 Å². The van der Waals surface area contributed by atoms with Gasteiger partial charge in [-0.2, -0.15) is 5.26 Å². The maximum Gasteiger partial charge on any atom is 0.266 e. The molecule has 0 aliphatic heterocycles. The molecule has 0 saturated heterocycles. The second-order valence-electron chi connectivity index (χ2n) is 5.66. The maximum atomic E-state index is 12.4. The highest BCUT2D eigenvalue weighted by Gasteiger charge is 2.14. The molecular weight excluding hydrogens is 418 g/mol. The van der Waals surface area contributed by atoms with Crippen LogP contribution in [-0.2, 0) is 14.8 Å². The van der Waals surface area contributed by atoms with Gasteiger partial charge in [-0.15, -0.1) is 0 Å². The first kappa shape index (κ1) is 22.2. The Labute approximate surface area is 173 Å². The zero-order chi connectivity index (χ0) is 21.6. The number of nitrogens with one attached hydrogen (secondary N) is 1. The van der Waals surface area contributed by atoms with Gasteiger partial charge in [-0.3, -0.25) is 4.79 Å². The summed E-state index contributed by atoms with van der Waals surface area (Å²) in [5.74, 6) is 0.0503. The van der Waals surface area contributed by atoms with E-state index in [4.69, 9.17) is 26.2 Å². The third-order valence-electron chi connectivity index (χ3n) is 3.65. The van der Waals surface area contributed by atoms with Crippen LogP contribution in [0.2, 0.25) is 5.02 Å². The Hall–Kier alpha value is -3.06. The topological polar surface area (TPSA) is 132 Å². The van der Waals surface area contributed by atoms with Crippen molar-refractivity contribution < 1.29 is 22.7 Å². The van der Waals surface area contributed by atoms with E-state index in [0.29, 0.717) is 29.4 Å². The minimum Gasteiger partial charge on any atom is -0.491 e. The first-order valence-electron chi connectivity index (χ1n) is 8.26. The number of hydrogen-bond acceptors (Lipinski definition) is 6. The molecule has 152 valence electrons. The molecular formula is C19H18ClN3O5S. The van der Waals surface area contributed by atoms with Gasteiger partial charge in [0.25, 0.3) is 5.91 Å². The number of halogens is 1. The van der Waals surface area contributed by atoms with Gasteiger partial charge in [-0.1, -0.05) is 11.6 Å². The fourth-order valence-electron chi connectivity index (χ4n) is 2.37. The summed E-state index contributed by atoms with van der Waals surface area (Å²) < 4.78 is 33.2. The van der Waals surface area contributed by atoms with Crippen molar-refractivity contribution in [2.24, 2.45) is 5.14 Å². The van der Waals surface area contributed by atoms with Gasteiger partial charge in [0.2, 0.25) is 10.0 Å². The highest BCUT2D eigenvalue weighted by Crippen LogP contribution is 2.37. The van der Waals surface area contributed by atoms with E-state index in [2.05, 4.69) is 5.32 Å². The molecule has 29 heavy (non-hydrogen) atoms. The molecule has 0 radical (unpaired) electrons. The molecule has 0 fully saturated rings. The van der Waals surface area contributed by atoms with E-state index in [1.54, 1.807) is 13.0 Å². The highest BCUT2D eigenvalue weighted by molar-refractivity contribution is 7.89. The highest BCUT2D eigenvalue weighted by atomic mass is 35.5. The molecule has 0 unspecified atom stereocenters. The summed E-state index contributed by atoms with van der Waals surface area (Å²) in [5, 5.41) is 17.2. The summed E-state index contributed by atoms with van der Waals surface area (Å²) in [6.45, 7) is 2.17. The van der Waals surface area contributed by atoms with Crippen LogP contribution in [-0.4, -0.2) is 28.0 Å². The Morgan fingerprint density at radius 1 is 1.31 bits per heavy atom. The molecule has 0 aliphatic carbocycles. The molecule has 1 amide bonds. The number of ether oxygens (including phenoxy) is 2. The largest absolute Gasteiger partial charge is 0.491 e. The van der Waals surface area contributed by atoms with Gasteiger partial charge in [0.1, 0.15) is 11.6 Å². The Bertz CT molecular complexity index is 1090. The summed E-state index contributed by atoms with van der Waals surface area (Å²) in [5.41, 5.74) is 0.575. The van der Waals surface area contributed by atoms with Gasteiger partial charge in [-0.25, -0.2) is 13.6 Å². The number of anilines is 1. The maximum absolute atomic E-state index is 12.4. The molecule has 3 N–H and O–H groups in total. The lowest BCUT2D eigenvalue weighted by Crippen LogP contribution is -2.14. The molecule has 0 atom stereocenters. The average molecular weight is 436 g/mol. The number of hydrogen-bond donors (Lipinski definition) is 2. The van der Waals surface area contributed by atoms with Gasteiger partial charge in [0, 0.05) is 5.69 Å². The van der Waals surface area contributed by atoms with Gasteiger partial charge >= 0.3 is 0 Å². The number of rotatable bonds is 7. The zero-order valence-corrected chi connectivity index (χ0v) is 17.2. The Balaban J connectivity index is 2.30. The number of nitrogens with zero attached hydrogens (tertiary/aromatic N) is 1. The van der Waals surface area contributed by atoms with Crippen LogP contribution in [0.4, 0.5) is 5.69 Å². The first-order valence-corrected chi connectivity index (χ1v) is 10.2.